The first-order valence-electron chi connectivity index (χ1n) is 7.38. The van der Waals surface area contributed by atoms with Gasteiger partial charge in [0.15, 0.2) is 0 Å². The number of hydrogen-bond acceptors (Lipinski definition) is 3. The zero-order chi connectivity index (χ0) is 14.5. The van der Waals surface area contributed by atoms with Crippen molar-refractivity contribution in [2.24, 2.45) is 0 Å². The zero-order valence-electron chi connectivity index (χ0n) is 12.0. The van der Waals surface area contributed by atoms with E-state index in [1.54, 1.807) is 0 Å². The van der Waals surface area contributed by atoms with Crippen molar-refractivity contribution in [1.82, 2.24) is 10.6 Å². The minimum Gasteiger partial charge on any atom is -0.375 e. The number of nitrogens with one attached hydrogen (secondary N) is 2. The minimum absolute atomic E-state index is 0.00809. The predicted molar refractivity (Wildman–Crippen MR) is 83.0 cm³/mol. The molecule has 0 aliphatic carbocycles. The molecule has 1 amide bonds. The molecule has 21 heavy (non-hydrogen) atoms. The molecule has 2 N–H and O–H groups in total. The molecule has 0 spiro atoms. The van der Waals surface area contributed by atoms with Crippen LogP contribution in [0.3, 0.4) is 0 Å². The molecule has 0 saturated carbocycles. The molecule has 4 nitrogen and oxygen atoms in total. The zero-order valence-corrected chi connectivity index (χ0v) is 12.0. The van der Waals surface area contributed by atoms with Gasteiger partial charge in [-0.25, -0.2) is 0 Å². The smallest absolute Gasteiger partial charge is 0.222 e. The summed E-state index contributed by atoms with van der Waals surface area (Å²) in [5, 5.41) is 8.61. The Bertz CT molecular complexity index is 616. The van der Waals surface area contributed by atoms with Crippen molar-refractivity contribution in [3.05, 3.63) is 48.0 Å². The van der Waals surface area contributed by atoms with Gasteiger partial charge in [-0.2, -0.15) is 0 Å². The van der Waals surface area contributed by atoms with E-state index < -0.39 is 0 Å². The quantitative estimate of drug-likeness (QED) is 0.900. The molecule has 1 aliphatic heterocycles. The average molecular weight is 284 g/mol. The molecule has 1 aliphatic rings. The van der Waals surface area contributed by atoms with Crippen LogP contribution in [-0.2, 0) is 16.1 Å². The first kappa shape index (κ1) is 14.0. The highest BCUT2D eigenvalue weighted by Gasteiger charge is 2.17. The molecular formula is C17H20N2O2. The van der Waals surface area contributed by atoms with E-state index in [1.165, 1.54) is 10.8 Å². The summed E-state index contributed by atoms with van der Waals surface area (Å²) < 4.78 is 5.55. The molecule has 2 aromatic carbocycles. The highest BCUT2D eigenvalue weighted by Crippen LogP contribution is 2.18. The van der Waals surface area contributed by atoms with Crippen LogP contribution in [0.25, 0.3) is 10.8 Å². The lowest BCUT2D eigenvalue weighted by Crippen LogP contribution is -2.41. The number of morpholine rings is 1. The molecule has 0 aromatic heterocycles. The van der Waals surface area contributed by atoms with Gasteiger partial charge in [-0.15, -0.1) is 0 Å². The first-order valence-corrected chi connectivity index (χ1v) is 7.38. The van der Waals surface area contributed by atoms with Crippen molar-refractivity contribution in [2.75, 3.05) is 19.7 Å². The van der Waals surface area contributed by atoms with Gasteiger partial charge in [-0.1, -0.05) is 42.5 Å². The number of fused-ring (bicyclic) bond motifs is 1. The van der Waals surface area contributed by atoms with E-state index in [4.69, 9.17) is 4.74 Å². The molecule has 3 rings (SSSR count). The van der Waals surface area contributed by atoms with Crippen LogP contribution in [0.5, 0.6) is 0 Å². The molecule has 1 atom stereocenters. The second-order valence-electron chi connectivity index (χ2n) is 5.32. The Balaban J connectivity index is 1.59. The highest BCUT2D eigenvalue weighted by atomic mass is 16.5. The summed E-state index contributed by atoms with van der Waals surface area (Å²) in [5.74, 6) is 0.0386. The van der Waals surface area contributed by atoms with Crippen molar-refractivity contribution in [3.8, 4) is 0 Å². The topological polar surface area (TPSA) is 50.4 Å². The summed E-state index contributed by atoms with van der Waals surface area (Å²) in [6, 6.07) is 14.4. The number of benzene rings is 2. The Labute approximate surface area is 124 Å². The van der Waals surface area contributed by atoms with Gasteiger partial charge in [-0.05, 0) is 16.3 Å². The van der Waals surface area contributed by atoms with Gasteiger partial charge in [0.05, 0.1) is 19.1 Å². The normalized spacial score (nSPS) is 18.6. The van der Waals surface area contributed by atoms with Gasteiger partial charge in [0.2, 0.25) is 5.91 Å². The molecule has 1 saturated heterocycles. The summed E-state index contributed by atoms with van der Waals surface area (Å²) in [7, 11) is 0. The fourth-order valence-corrected chi connectivity index (χ4v) is 2.67. The summed E-state index contributed by atoms with van der Waals surface area (Å²) >= 11 is 0. The lowest BCUT2D eigenvalue weighted by atomic mass is 10.0. The van der Waals surface area contributed by atoms with Gasteiger partial charge in [0.25, 0.3) is 0 Å². The van der Waals surface area contributed by atoms with Crippen LogP contribution in [0.1, 0.15) is 12.0 Å². The van der Waals surface area contributed by atoms with E-state index in [0.717, 1.165) is 18.7 Å². The molecule has 0 radical (unpaired) electrons. The van der Waals surface area contributed by atoms with E-state index >= 15 is 0 Å². The Morgan fingerprint density at radius 2 is 2.10 bits per heavy atom. The van der Waals surface area contributed by atoms with Crippen LogP contribution in [0.15, 0.2) is 42.5 Å². The van der Waals surface area contributed by atoms with Gasteiger partial charge < -0.3 is 15.4 Å². The fourth-order valence-electron chi connectivity index (χ4n) is 2.67. The molecule has 1 heterocycles. The van der Waals surface area contributed by atoms with Crippen LogP contribution in [0.2, 0.25) is 0 Å². The van der Waals surface area contributed by atoms with Gasteiger partial charge >= 0.3 is 0 Å². The monoisotopic (exact) mass is 284 g/mol. The van der Waals surface area contributed by atoms with E-state index in [-0.39, 0.29) is 12.0 Å². The summed E-state index contributed by atoms with van der Waals surface area (Å²) in [5.41, 5.74) is 1.14. The van der Waals surface area contributed by atoms with Crippen LogP contribution in [0.4, 0.5) is 0 Å². The maximum atomic E-state index is 12.0. The van der Waals surface area contributed by atoms with E-state index in [2.05, 4.69) is 34.9 Å². The molecule has 1 unspecified atom stereocenters. The molecule has 0 bridgehead atoms. The lowest BCUT2D eigenvalue weighted by Gasteiger charge is -2.23. The van der Waals surface area contributed by atoms with Crippen molar-refractivity contribution < 1.29 is 9.53 Å². The second kappa shape index (κ2) is 6.70. The Morgan fingerprint density at radius 3 is 2.95 bits per heavy atom. The first-order chi connectivity index (χ1) is 10.3. The van der Waals surface area contributed by atoms with E-state index in [1.807, 2.05) is 18.2 Å². The second-order valence-corrected chi connectivity index (χ2v) is 5.32. The number of ether oxygens (including phenoxy) is 1. The Hall–Kier alpha value is -1.91. The van der Waals surface area contributed by atoms with E-state index in [9.17, 15) is 4.79 Å². The standard InChI is InChI=1S/C17H20N2O2/c20-17(10-15-12-18-8-9-21-15)19-11-14-6-3-5-13-4-1-2-7-16(13)14/h1-7,15,18H,8-12H2,(H,19,20). The van der Waals surface area contributed by atoms with Gasteiger partial charge in [0, 0.05) is 19.6 Å². The number of hydrogen-bond donors (Lipinski definition) is 2. The number of amides is 1. The summed E-state index contributed by atoms with van der Waals surface area (Å²) in [4.78, 5) is 12.0. The third-order valence-electron chi connectivity index (χ3n) is 3.77. The van der Waals surface area contributed by atoms with Crippen molar-refractivity contribution in [2.45, 2.75) is 19.1 Å². The van der Waals surface area contributed by atoms with Crippen molar-refractivity contribution in [3.63, 3.8) is 0 Å². The van der Waals surface area contributed by atoms with E-state index in [0.29, 0.717) is 19.6 Å². The molecular weight excluding hydrogens is 264 g/mol. The van der Waals surface area contributed by atoms with Crippen LogP contribution in [0, 0.1) is 0 Å². The fraction of sp³-hybridized carbons (Fsp3) is 0.353. The summed E-state index contributed by atoms with van der Waals surface area (Å²) in [6.45, 7) is 2.86. The number of carbonyl (C=O) groups is 1. The molecule has 110 valence electrons. The largest absolute Gasteiger partial charge is 0.375 e. The number of carbonyl (C=O) groups excluding carboxylic acids is 1. The van der Waals surface area contributed by atoms with Crippen molar-refractivity contribution >= 4 is 16.7 Å². The molecule has 4 heteroatoms. The maximum absolute atomic E-state index is 12.0. The minimum atomic E-state index is -0.00809. The average Bonchev–Trinajstić information content (AvgIpc) is 2.54. The SMILES string of the molecule is O=C(CC1CNCCO1)NCc1cccc2ccccc12. The van der Waals surface area contributed by atoms with Crippen LogP contribution >= 0.6 is 0 Å². The molecule has 1 fully saturated rings. The third kappa shape index (κ3) is 3.60. The molecule has 2 aromatic rings. The van der Waals surface area contributed by atoms with Crippen molar-refractivity contribution in [1.29, 1.82) is 0 Å². The lowest BCUT2D eigenvalue weighted by molar-refractivity contribution is -0.124. The Kier molecular flexibility index (Phi) is 4.48. The maximum Gasteiger partial charge on any atom is 0.222 e. The highest BCUT2D eigenvalue weighted by molar-refractivity contribution is 5.86. The summed E-state index contributed by atoms with van der Waals surface area (Å²) in [6.07, 6.45) is 0.406. The number of rotatable bonds is 4. The Morgan fingerprint density at radius 1 is 1.24 bits per heavy atom. The van der Waals surface area contributed by atoms with Gasteiger partial charge in [-0.3, -0.25) is 4.79 Å². The van der Waals surface area contributed by atoms with Crippen LogP contribution in [-0.4, -0.2) is 31.7 Å². The van der Waals surface area contributed by atoms with Crippen LogP contribution < -0.4 is 10.6 Å². The van der Waals surface area contributed by atoms with Gasteiger partial charge in [0.1, 0.15) is 0 Å². The predicted octanol–water partition coefficient (Wildman–Crippen LogP) is 1.83. The third-order valence-corrected chi connectivity index (χ3v) is 3.77.